The number of aromatic nitrogens is 2. The van der Waals surface area contributed by atoms with Crippen LogP contribution in [-0.2, 0) is 0 Å². The van der Waals surface area contributed by atoms with E-state index in [1.165, 1.54) is 5.56 Å². The number of carbonyl (C=O) groups is 1. The molecule has 3 nitrogen and oxygen atoms in total. The highest BCUT2D eigenvalue weighted by Gasteiger charge is 2.11. The van der Waals surface area contributed by atoms with E-state index in [1.54, 1.807) is 0 Å². The van der Waals surface area contributed by atoms with Gasteiger partial charge in [-0.3, -0.25) is 9.18 Å². The van der Waals surface area contributed by atoms with E-state index in [4.69, 9.17) is 0 Å². The molecule has 0 fully saturated rings. The lowest BCUT2D eigenvalue weighted by Crippen LogP contribution is -1.99. The van der Waals surface area contributed by atoms with E-state index in [-0.39, 0.29) is 0 Å². The van der Waals surface area contributed by atoms with Gasteiger partial charge in [-0.25, -0.2) is 4.68 Å². The lowest BCUT2D eigenvalue weighted by molar-refractivity contribution is 0.111. The molecule has 0 saturated carbocycles. The maximum atomic E-state index is 11.2. The van der Waals surface area contributed by atoms with Crippen LogP contribution < -0.4 is 0 Å². The van der Waals surface area contributed by atoms with Crippen LogP contribution in [0, 0.1) is 0 Å². The second-order valence-corrected chi connectivity index (χ2v) is 5.76. The Balaban J connectivity index is 0.000000707. The fourth-order valence-electron chi connectivity index (χ4n) is 2.89. The second kappa shape index (κ2) is 11.3. The molecule has 0 N–H and O–H groups in total. The monoisotopic (exact) mass is 388 g/mol. The van der Waals surface area contributed by atoms with Gasteiger partial charge in [0.2, 0.25) is 0 Å². The van der Waals surface area contributed by atoms with E-state index >= 15 is 0 Å². The van der Waals surface area contributed by atoms with Crippen LogP contribution >= 0.6 is 0 Å². The normalized spacial score (nSPS) is 9.52. The van der Waals surface area contributed by atoms with E-state index in [2.05, 4.69) is 29.4 Å². The Morgan fingerprint density at radius 3 is 1.72 bits per heavy atom. The van der Waals surface area contributed by atoms with Gasteiger partial charge in [0.15, 0.2) is 6.29 Å². The number of alkyl halides is 1. The number of halogens is 1. The number of hydrogen-bond acceptors (Lipinski definition) is 2. The molecule has 4 rings (SSSR count). The van der Waals surface area contributed by atoms with E-state index in [1.807, 2.05) is 85.3 Å². The van der Waals surface area contributed by atoms with Crippen molar-refractivity contribution < 1.29 is 9.18 Å². The summed E-state index contributed by atoms with van der Waals surface area (Å²) in [6.45, 7) is 4.00. The predicted octanol–water partition coefficient (Wildman–Crippen LogP) is 6.63. The number of aldehydes is 1. The summed E-state index contributed by atoms with van der Waals surface area (Å²) in [5, 5.41) is 4.43. The molecule has 0 radical (unpaired) electrons. The van der Waals surface area contributed by atoms with E-state index < -0.39 is 0 Å². The smallest absolute Gasteiger partial charge is 0.170 e. The maximum Gasteiger partial charge on any atom is 0.170 e. The lowest BCUT2D eigenvalue weighted by Gasteiger charge is -2.09. The van der Waals surface area contributed by atoms with Crippen LogP contribution in [0.4, 0.5) is 4.39 Å². The summed E-state index contributed by atoms with van der Waals surface area (Å²) >= 11 is 0. The summed E-state index contributed by atoms with van der Waals surface area (Å²) in [6, 6.07) is 30.2. The van der Waals surface area contributed by atoms with Crippen LogP contribution in [0.5, 0.6) is 0 Å². The molecule has 148 valence electrons. The molecule has 0 spiro atoms. The van der Waals surface area contributed by atoms with Gasteiger partial charge >= 0.3 is 0 Å². The Bertz CT molecular complexity index is 994. The van der Waals surface area contributed by atoms with Crippen molar-refractivity contribution in [1.29, 1.82) is 0 Å². The topological polar surface area (TPSA) is 34.9 Å². The quantitative estimate of drug-likeness (QED) is 0.368. The first-order valence-electron chi connectivity index (χ1n) is 9.49. The van der Waals surface area contributed by atoms with Crippen molar-refractivity contribution in [2.45, 2.75) is 13.8 Å². The van der Waals surface area contributed by atoms with Crippen molar-refractivity contribution >= 4 is 6.29 Å². The van der Waals surface area contributed by atoms with Crippen molar-refractivity contribution in [3.63, 3.8) is 0 Å². The van der Waals surface area contributed by atoms with Crippen molar-refractivity contribution in [2.24, 2.45) is 0 Å². The average Bonchev–Trinajstić information content (AvgIpc) is 3.28. The molecule has 4 aromatic rings. The van der Waals surface area contributed by atoms with Crippen LogP contribution in [0.1, 0.15) is 24.3 Å². The molecular weight excluding hydrogens is 363 g/mol. The summed E-state index contributed by atoms with van der Waals surface area (Å²) < 4.78 is 11.3. The van der Waals surface area contributed by atoms with Crippen molar-refractivity contribution in [2.75, 3.05) is 7.18 Å². The van der Waals surface area contributed by atoms with Crippen LogP contribution in [-0.4, -0.2) is 23.2 Å². The molecule has 29 heavy (non-hydrogen) atoms. The van der Waals surface area contributed by atoms with Gasteiger partial charge in [0, 0.05) is 5.56 Å². The number of hydrogen-bond donors (Lipinski definition) is 0. The molecule has 0 atom stereocenters. The molecule has 0 aliphatic heterocycles. The second-order valence-electron chi connectivity index (χ2n) is 5.76. The summed E-state index contributed by atoms with van der Waals surface area (Å²) in [4.78, 5) is 11.2. The summed E-state index contributed by atoms with van der Waals surface area (Å²) in [5.74, 6) is 0. The first-order valence-corrected chi connectivity index (χ1v) is 9.49. The third kappa shape index (κ3) is 5.26. The highest BCUT2D eigenvalue weighted by atomic mass is 19.1. The van der Waals surface area contributed by atoms with Gasteiger partial charge in [0.1, 0.15) is 5.69 Å². The van der Waals surface area contributed by atoms with Gasteiger partial charge < -0.3 is 0 Å². The number of carbonyl (C=O) groups excluding carboxylic acids is 1. The summed E-state index contributed by atoms with van der Waals surface area (Å²) in [7, 11) is 0.500. The largest absolute Gasteiger partial charge is 0.296 e. The van der Waals surface area contributed by atoms with Crippen molar-refractivity contribution in [3.8, 4) is 28.1 Å². The van der Waals surface area contributed by atoms with E-state index in [9.17, 15) is 9.18 Å². The summed E-state index contributed by atoms with van der Waals surface area (Å²) in [6.07, 6.45) is 0.779. The van der Waals surface area contributed by atoms with Crippen LogP contribution in [0.3, 0.4) is 0 Å². The molecule has 1 aromatic heterocycles. The van der Waals surface area contributed by atoms with Crippen LogP contribution in [0.25, 0.3) is 28.1 Å². The van der Waals surface area contributed by atoms with Gasteiger partial charge in [0.25, 0.3) is 0 Å². The Hall–Kier alpha value is -3.53. The maximum absolute atomic E-state index is 11.2. The SMILES string of the molecule is CC.CF.O=Cc1cc(-c2ccccc2)n(-c2ccc(-c3ccccc3)cc2)n1. The highest BCUT2D eigenvalue weighted by molar-refractivity contribution is 5.76. The zero-order valence-electron chi connectivity index (χ0n) is 16.9. The minimum Gasteiger partial charge on any atom is -0.296 e. The molecule has 3 aromatic carbocycles. The first-order chi connectivity index (χ1) is 14.3. The molecule has 0 bridgehead atoms. The fraction of sp³-hybridized carbons (Fsp3) is 0.120. The molecule has 0 aliphatic carbocycles. The van der Waals surface area contributed by atoms with Crippen LogP contribution in [0.15, 0.2) is 91.0 Å². The van der Waals surface area contributed by atoms with Crippen molar-refractivity contribution in [1.82, 2.24) is 9.78 Å². The number of benzene rings is 3. The average molecular weight is 388 g/mol. The standard InChI is InChI=1S/C22H16N2O.C2H6.CH3F/c25-16-20-15-22(19-9-5-2-6-10-19)24(23-20)21-13-11-18(12-14-21)17-7-3-1-4-8-17;2*1-2/h1-16H;1-2H3;1H3. The highest BCUT2D eigenvalue weighted by Crippen LogP contribution is 2.25. The Labute approximate surface area is 171 Å². The van der Waals surface area contributed by atoms with Crippen molar-refractivity contribution in [3.05, 3.63) is 96.7 Å². The lowest BCUT2D eigenvalue weighted by atomic mass is 10.1. The first kappa shape index (κ1) is 21.8. The molecule has 0 aliphatic rings. The van der Waals surface area contributed by atoms with Gasteiger partial charge in [-0.15, -0.1) is 0 Å². The van der Waals surface area contributed by atoms with E-state index in [0.29, 0.717) is 12.9 Å². The summed E-state index contributed by atoms with van der Waals surface area (Å²) in [5.41, 5.74) is 5.59. The van der Waals surface area contributed by atoms with Gasteiger partial charge in [-0.05, 0) is 29.3 Å². The zero-order valence-corrected chi connectivity index (χ0v) is 16.9. The zero-order chi connectivity index (χ0) is 21.1. The molecule has 0 unspecified atom stereocenters. The van der Waals surface area contributed by atoms with Gasteiger partial charge in [-0.2, -0.15) is 5.10 Å². The Kier molecular flexibility index (Phi) is 8.51. The van der Waals surface area contributed by atoms with Gasteiger partial charge in [-0.1, -0.05) is 86.6 Å². The van der Waals surface area contributed by atoms with Crippen LogP contribution in [0.2, 0.25) is 0 Å². The predicted molar refractivity (Wildman–Crippen MR) is 118 cm³/mol. The fourth-order valence-corrected chi connectivity index (χ4v) is 2.89. The van der Waals surface area contributed by atoms with Gasteiger partial charge in [0.05, 0.1) is 18.6 Å². The Morgan fingerprint density at radius 1 is 0.724 bits per heavy atom. The Morgan fingerprint density at radius 2 is 1.21 bits per heavy atom. The molecule has 4 heteroatoms. The molecule has 0 saturated heterocycles. The minimum absolute atomic E-state index is 0.422. The van der Waals surface area contributed by atoms with E-state index in [0.717, 1.165) is 28.8 Å². The molecule has 0 amide bonds. The molecule has 1 heterocycles. The molecular formula is C25H25FN2O. The third-order valence-corrected chi connectivity index (χ3v) is 4.14. The number of rotatable bonds is 4. The minimum atomic E-state index is 0.422. The third-order valence-electron chi connectivity index (χ3n) is 4.14. The number of nitrogens with zero attached hydrogens (tertiary/aromatic N) is 2.